The first-order chi connectivity index (χ1) is 10.2. The molecule has 0 fully saturated rings. The Morgan fingerprint density at radius 3 is 2.81 bits per heavy atom. The number of fused-ring (bicyclic) bond motifs is 2. The van der Waals surface area contributed by atoms with Gasteiger partial charge in [-0.2, -0.15) is 0 Å². The van der Waals surface area contributed by atoms with Crippen LogP contribution in [0.5, 0.6) is 0 Å². The lowest BCUT2D eigenvalue weighted by atomic mass is 10.2. The molecule has 0 radical (unpaired) electrons. The highest BCUT2D eigenvalue weighted by molar-refractivity contribution is 6.33. The van der Waals surface area contributed by atoms with Gasteiger partial charge in [-0.05, 0) is 18.2 Å². The lowest BCUT2D eigenvalue weighted by Crippen LogP contribution is -1.86. The van der Waals surface area contributed by atoms with E-state index in [-0.39, 0.29) is 0 Å². The van der Waals surface area contributed by atoms with E-state index >= 15 is 0 Å². The second-order valence-corrected chi connectivity index (χ2v) is 5.00. The number of nitrogens with zero attached hydrogens (tertiary/aromatic N) is 3. The molecule has 4 aromatic rings. The predicted octanol–water partition coefficient (Wildman–Crippen LogP) is 3.67. The fourth-order valence-electron chi connectivity index (χ4n) is 2.24. The number of hydrogen-bond acceptors (Lipinski definition) is 5. The summed E-state index contributed by atoms with van der Waals surface area (Å²) in [5.74, 6) is 0.470. The lowest BCUT2D eigenvalue weighted by Gasteiger charge is -2.00. The van der Waals surface area contributed by atoms with Gasteiger partial charge in [0.05, 0.1) is 21.8 Å². The molecule has 2 aromatic heterocycles. The Kier molecular flexibility index (Phi) is 2.55. The van der Waals surface area contributed by atoms with E-state index in [9.17, 15) is 0 Å². The highest BCUT2D eigenvalue weighted by Crippen LogP contribution is 2.31. The standard InChI is InChI=1S/C15H9ClN4O/c16-9-6-12-13(7-10(9)17)21-15(20-12)8-2-1-3-11-14(8)19-5-4-18-11/h1-7H,17H2. The highest BCUT2D eigenvalue weighted by Gasteiger charge is 2.13. The van der Waals surface area contributed by atoms with Crippen molar-refractivity contribution >= 4 is 39.4 Å². The zero-order valence-electron chi connectivity index (χ0n) is 10.7. The van der Waals surface area contributed by atoms with Crippen LogP contribution in [0.3, 0.4) is 0 Å². The zero-order valence-corrected chi connectivity index (χ0v) is 11.5. The molecule has 0 aliphatic rings. The molecule has 0 bridgehead atoms. The maximum Gasteiger partial charge on any atom is 0.229 e. The van der Waals surface area contributed by atoms with Crippen molar-refractivity contribution in [3.63, 3.8) is 0 Å². The van der Waals surface area contributed by atoms with Crippen molar-refractivity contribution in [1.82, 2.24) is 15.0 Å². The minimum Gasteiger partial charge on any atom is -0.436 e. The lowest BCUT2D eigenvalue weighted by molar-refractivity contribution is 0.620. The summed E-state index contributed by atoms with van der Waals surface area (Å²) in [6.07, 6.45) is 3.29. The molecule has 0 saturated carbocycles. The molecule has 21 heavy (non-hydrogen) atoms. The summed E-state index contributed by atoms with van der Waals surface area (Å²) in [7, 11) is 0. The summed E-state index contributed by atoms with van der Waals surface area (Å²) < 4.78 is 5.78. The average molecular weight is 297 g/mol. The van der Waals surface area contributed by atoms with Gasteiger partial charge in [-0.25, -0.2) is 4.98 Å². The molecule has 2 N–H and O–H groups in total. The molecule has 6 heteroatoms. The van der Waals surface area contributed by atoms with Crippen LogP contribution in [0.4, 0.5) is 5.69 Å². The smallest absolute Gasteiger partial charge is 0.229 e. The first-order valence-corrected chi connectivity index (χ1v) is 6.66. The topological polar surface area (TPSA) is 77.8 Å². The number of anilines is 1. The Bertz CT molecular complexity index is 936. The average Bonchev–Trinajstić information content (AvgIpc) is 2.90. The number of oxazole rings is 1. The van der Waals surface area contributed by atoms with Crippen molar-refractivity contribution in [2.75, 3.05) is 5.73 Å². The number of nitrogen functional groups attached to an aromatic ring is 1. The summed E-state index contributed by atoms with van der Waals surface area (Å²) in [6.45, 7) is 0. The Morgan fingerprint density at radius 2 is 1.90 bits per heavy atom. The molecule has 2 heterocycles. The minimum absolute atomic E-state index is 0.458. The fourth-order valence-corrected chi connectivity index (χ4v) is 2.40. The summed E-state index contributed by atoms with van der Waals surface area (Å²) in [4.78, 5) is 13.1. The first kappa shape index (κ1) is 12.1. The molecule has 2 aromatic carbocycles. The van der Waals surface area contributed by atoms with Gasteiger partial charge >= 0.3 is 0 Å². The molecule has 0 aliphatic carbocycles. The number of aromatic nitrogens is 3. The number of hydrogen-bond donors (Lipinski definition) is 1. The molecular formula is C15H9ClN4O. The second-order valence-electron chi connectivity index (χ2n) is 4.59. The van der Waals surface area contributed by atoms with E-state index in [1.54, 1.807) is 24.5 Å². The Morgan fingerprint density at radius 1 is 1.05 bits per heavy atom. The number of halogens is 1. The van der Waals surface area contributed by atoms with Crippen molar-refractivity contribution in [3.8, 4) is 11.5 Å². The van der Waals surface area contributed by atoms with Gasteiger partial charge < -0.3 is 10.2 Å². The van der Waals surface area contributed by atoms with E-state index < -0.39 is 0 Å². The molecule has 5 nitrogen and oxygen atoms in total. The van der Waals surface area contributed by atoms with Crippen LogP contribution in [-0.2, 0) is 0 Å². The van der Waals surface area contributed by atoms with Crippen LogP contribution in [0, 0.1) is 0 Å². The molecule has 0 spiro atoms. The van der Waals surface area contributed by atoms with Crippen molar-refractivity contribution in [2.24, 2.45) is 0 Å². The van der Waals surface area contributed by atoms with E-state index in [0.29, 0.717) is 27.7 Å². The van der Waals surface area contributed by atoms with Gasteiger partial charge in [0.2, 0.25) is 5.89 Å². The monoisotopic (exact) mass is 296 g/mol. The van der Waals surface area contributed by atoms with Crippen LogP contribution < -0.4 is 5.73 Å². The maximum atomic E-state index is 6.01. The summed E-state index contributed by atoms with van der Waals surface area (Å²) in [6, 6.07) is 9.04. The SMILES string of the molecule is Nc1cc2oc(-c3cccc4nccnc34)nc2cc1Cl. The highest BCUT2D eigenvalue weighted by atomic mass is 35.5. The van der Waals surface area contributed by atoms with Crippen LogP contribution in [0.25, 0.3) is 33.6 Å². The third-order valence-corrected chi connectivity index (χ3v) is 3.56. The molecule has 0 atom stereocenters. The largest absolute Gasteiger partial charge is 0.436 e. The predicted molar refractivity (Wildman–Crippen MR) is 82.0 cm³/mol. The van der Waals surface area contributed by atoms with E-state index in [2.05, 4.69) is 15.0 Å². The molecule has 102 valence electrons. The Hall–Kier alpha value is -2.66. The van der Waals surface area contributed by atoms with Gasteiger partial charge in [0.1, 0.15) is 11.0 Å². The third kappa shape index (κ3) is 1.90. The second kappa shape index (κ2) is 4.43. The summed E-state index contributed by atoms with van der Waals surface area (Å²) in [5.41, 5.74) is 9.80. The molecule has 0 aliphatic heterocycles. The van der Waals surface area contributed by atoms with Crippen molar-refractivity contribution in [3.05, 3.63) is 47.7 Å². The van der Waals surface area contributed by atoms with E-state index in [4.69, 9.17) is 21.8 Å². The maximum absolute atomic E-state index is 6.01. The molecule has 0 saturated heterocycles. The number of nitrogens with two attached hydrogens (primary N) is 1. The number of para-hydroxylation sites is 1. The van der Waals surface area contributed by atoms with Gasteiger partial charge in [-0.15, -0.1) is 0 Å². The first-order valence-electron chi connectivity index (χ1n) is 6.28. The normalized spacial score (nSPS) is 11.3. The van der Waals surface area contributed by atoms with Gasteiger partial charge in [0.15, 0.2) is 5.58 Å². The molecule has 0 unspecified atom stereocenters. The van der Waals surface area contributed by atoms with Crippen LogP contribution in [0.2, 0.25) is 5.02 Å². The van der Waals surface area contributed by atoms with Crippen molar-refractivity contribution in [1.29, 1.82) is 0 Å². The van der Waals surface area contributed by atoms with Gasteiger partial charge in [-0.1, -0.05) is 17.7 Å². The van der Waals surface area contributed by atoms with Crippen LogP contribution >= 0.6 is 11.6 Å². The van der Waals surface area contributed by atoms with E-state index in [0.717, 1.165) is 16.6 Å². The minimum atomic E-state index is 0.458. The zero-order chi connectivity index (χ0) is 14.4. The van der Waals surface area contributed by atoms with Crippen LogP contribution in [0.1, 0.15) is 0 Å². The van der Waals surface area contributed by atoms with Gasteiger partial charge in [0, 0.05) is 18.5 Å². The van der Waals surface area contributed by atoms with E-state index in [1.807, 2.05) is 18.2 Å². The Balaban J connectivity index is 2.00. The molecule has 4 rings (SSSR count). The number of benzene rings is 2. The van der Waals surface area contributed by atoms with Gasteiger partial charge in [0.25, 0.3) is 0 Å². The van der Waals surface area contributed by atoms with Gasteiger partial charge in [-0.3, -0.25) is 9.97 Å². The molecule has 0 amide bonds. The van der Waals surface area contributed by atoms with E-state index in [1.165, 1.54) is 0 Å². The van der Waals surface area contributed by atoms with Crippen molar-refractivity contribution < 1.29 is 4.42 Å². The quantitative estimate of drug-likeness (QED) is 0.542. The number of rotatable bonds is 1. The third-order valence-electron chi connectivity index (χ3n) is 3.24. The summed E-state index contributed by atoms with van der Waals surface area (Å²) >= 11 is 6.01. The fraction of sp³-hybridized carbons (Fsp3) is 0. The summed E-state index contributed by atoms with van der Waals surface area (Å²) in [5, 5.41) is 0.458. The molecular weight excluding hydrogens is 288 g/mol. The van der Waals surface area contributed by atoms with Crippen LogP contribution in [-0.4, -0.2) is 15.0 Å². The van der Waals surface area contributed by atoms with Crippen LogP contribution in [0.15, 0.2) is 47.1 Å². The van der Waals surface area contributed by atoms with Crippen molar-refractivity contribution in [2.45, 2.75) is 0 Å². The Labute approximate surface area is 124 Å².